The highest BCUT2D eigenvalue weighted by Gasteiger charge is 2.31. The summed E-state index contributed by atoms with van der Waals surface area (Å²) in [5, 5.41) is 2.95. The number of nitrogens with one attached hydrogen (secondary N) is 1. The number of ether oxygens (including phenoxy) is 1. The number of hydrogen-bond acceptors (Lipinski definition) is 3. The zero-order valence-corrected chi connectivity index (χ0v) is 12.6. The highest BCUT2D eigenvalue weighted by Crippen LogP contribution is 2.20. The van der Waals surface area contributed by atoms with Crippen LogP contribution in [0.25, 0.3) is 0 Å². The van der Waals surface area contributed by atoms with Gasteiger partial charge in [-0.3, -0.25) is 4.90 Å². The Bertz CT molecular complexity index is 440. The molecule has 0 aliphatic carbocycles. The molecule has 1 atom stereocenters. The molecule has 0 aromatic heterocycles. The lowest BCUT2D eigenvalue weighted by molar-refractivity contribution is 0.132. The predicted molar refractivity (Wildman–Crippen MR) is 79.5 cm³/mol. The fourth-order valence-electron chi connectivity index (χ4n) is 2.42. The fourth-order valence-corrected chi connectivity index (χ4v) is 2.42. The van der Waals surface area contributed by atoms with Crippen molar-refractivity contribution in [1.82, 2.24) is 10.2 Å². The van der Waals surface area contributed by atoms with Crippen LogP contribution >= 0.6 is 0 Å². The minimum absolute atomic E-state index is 0.157. The molecule has 4 nitrogen and oxygen atoms in total. The van der Waals surface area contributed by atoms with Crippen molar-refractivity contribution in [2.75, 3.05) is 13.1 Å². The summed E-state index contributed by atoms with van der Waals surface area (Å²) in [4.78, 5) is 14.2. The first-order chi connectivity index (χ1) is 9.45. The van der Waals surface area contributed by atoms with Crippen LogP contribution in [-0.2, 0) is 11.3 Å². The molecule has 0 spiro atoms. The third-order valence-corrected chi connectivity index (χ3v) is 3.67. The van der Waals surface area contributed by atoms with Crippen molar-refractivity contribution in [1.29, 1.82) is 0 Å². The van der Waals surface area contributed by atoms with E-state index in [0.29, 0.717) is 6.61 Å². The first kappa shape index (κ1) is 14.9. The minimum Gasteiger partial charge on any atom is -0.445 e. The molecule has 1 saturated heterocycles. The zero-order chi connectivity index (χ0) is 14.6. The van der Waals surface area contributed by atoms with Gasteiger partial charge < -0.3 is 10.1 Å². The second-order valence-electron chi connectivity index (χ2n) is 6.31. The summed E-state index contributed by atoms with van der Waals surface area (Å²) < 4.78 is 5.24. The lowest BCUT2D eigenvalue weighted by Gasteiger charge is -2.31. The molecule has 1 heterocycles. The van der Waals surface area contributed by atoms with Gasteiger partial charge in [-0.05, 0) is 32.8 Å². The monoisotopic (exact) mass is 276 g/mol. The van der Waals surface area contributed by atoms with Crippen molar-refractivity contribution < 1.29 is 9.53 Å². The summed E-state index contributed by atoms with van der Waals surface area (Å²) in [6.07, 6.45) is 0.659. The standard InChI is InChI=1S/C16H24N2O2/c1-16(2,3)18-10-9-14(11-18)17-15(19)20-12-13-7-5-4-6-8-13/h4-8,14H,9-12H2,1-3H3,(H,17,19)/t14-/m0/s1. The minimum atomic E-state index is -0.324. The third-order valence-electron chi connectivity index (χ3n) is 3.67. The van der Waals surface area contributed by atoms with E-state index >= 15 is 0 Å². The number of carbonyl (C=O) groups excluding carboxylic acids is 1. The molecule has 0 unspecified atom stereocenters. The molecule has 1 aliphatic heterocycles. The smallest absolute Gasteiger partial charge is 0.407 e. The van der Waals surface area contributed by atoms with E-state index in [9.17, 15) is 4.79 Å². The van der Waals surface area contributed by atoms with Gasteiger partial charge in [-0.2, -0.15) is 0 Å². The normalized spacial score (nSPS) is 19.9. The molecule has 1 N–H and O–H groups in total. The van der Waals surface area contributed by atoms with E-state index in [0.717, 1.165) is 25.1 Å². The number of rotatable bonds is 3. The SMILES string of the molecule is CC(C)(C)N1CC[C@H](NC(=O)OCc2ccccc2)C1. The molecule has 110 valence electrons. The highest BCUT2D eigenvalue weighted by molar-refractivity contribution is 5.67. The van der Waals surface area contributed by atoms with E-state index in [2.05, 4.69) is 31.0 Å². The van der Waals surface area contributed by atoms with Gasteiger partial charge in [0.25, 0.3) is 0 Å². The number of nitrogens with zero attached hydrogens (tertiary/aromatic N) is 1. The number of alkyl carbamates (subject to hydrolysis) is 1. The van der Waals surface area contributed by atoms with Gasteiger partial charge in [-0.15, -0.1) is 0 Å². The lowest BCUT2D eigenvalue weighted by atomic mass is 10.1. The van der Waals surface area contributed by atoms with E-state index < -0.39 is 0 Å². The highest BCUT2D eigenvalue weighted by atomic mass is 16.5. The van der Waals surface area contributed by atoms with Crippen LogP contribution in [0.5, 0.6) is 0 Å². The maximum absolute atomic E-state index is 11.8. The Morgan fingerprint density at radius 2 is 2.05 bits per heavy atom. The Morgan fingerprint density at radius 1 is 1.35 bits per heavy atom. The average Bonchev–Trinajstić information content (AvgIpc) is 2.86. The molecule has 2 rings (SSSR count). The van der Waals surface area contributed by atoms with Crippen molar-refractivity contribution in [3.8, 4) is 0 Å². The van der Waals surface area contributed by atoms with Crippen LogP contribution in [0.1, 0.15) is 32.8 Å². The van der Waals surface area contributed by atoms with Crippen molar-refractivity contribution >= 4 is 6.09 Å². The van der Waals surface area contributed by atoms with Gasteiger partial charge in [0.15, 0.2) is 0 Å². The van der Waals surface area contributed by atoms with E-state index in [1.807, 2.05) is 30.3 Å². The molecule has 1 aromatic rings. The molecule has 0 radical (unpaired) electrons. The van der Waals surface area contributed by atoms with Crippen LogP contribution in [0.3, 0.4) is 0 Å². The van der Waals surface area contributed by atoms with Crippen LogP contribution in [0.4, 0.5) is 4.79 Å². The molecule has 20 heavy (non-hydrogen) atoms. The number of amides is 1. The Balaban J connectivity index is 1.73. The Morgan fingerprint density at radius 3 is 2.65 bits per heavy atom. The number of hydrogen-bond donors (Lipinski definition) is 1. The maximum atomic E-state index is 11.8. The number of likely N-dealkylation sites (tertiary alicyclic amines) is 1. The van der Waals surface area contributed by atoms with E-state index in [4.69, 9.17) is 4.74 Å². The van der Waals surface area contributed by atoms with Crippen LogP contribution in [-0.4, -0.2) is 35.7 Å². The van der Waals surface area contributed by atoms with Gasteiger partial charge in [0.2, 0.25) is 0 Å². The fraction of sp³-hybridized carbons (Fsp3) is 0.562. The van der Waals surface area contributed by atoms with Crippen molar-refractivity contribution in [3.63, 3.8) is 0 Å². The molecule has 0 saturated carbocycles. The summed E-state index contributed by atoms with van der Waals surface area (Å²) in [6.45, 7) is 8.83. The first-order valence-corrected chi connectivity index (χ1v) is 7.17. The Labute approximate surface area is 121 Å². The van der Waals surface area contributed by atoms with Crippen LogP contribution in [0, 0.1) is 0 Å². The molecule has 0 bridgehead atoms. The summed E-state index contributed by atoms with van der Waals surface area (Å²) in [6, 6.07) is 9.92. The van der Waals surface area contributed by atoms with Gasteiger partial charge in [-0.25, -0.2) is 4.79 Å². The Hall–Kier alpha value is -1.55. The second kappa shape index (κ2) is 6.27. The molecular formula is C16H24N2O2. The second-order valence-corrected chi connectivity index (χ2v) is 6.31. The topological polar surface area (TPSA) is 41.6 Å². The van der Waals surface area contributed by atoms with Crippen LogP contribution in [0.15, 0.2) is 30.3 Å². The molecular weight excluding hydrogens is 252 g/mol. The first-order valence-electron chi connectivity index (χ1n) is 7.17. The predicted octanol–water partition coefficient (Wildman–Crippen LogP) is 2.79. The van der Waals surface area contributed by atoms with Crippen molar-refractivity contribution in [2.24, 2.45) is 0 Å². The molecule has 1 fully saturated rings. The van der Waals surface area contributed by atoms with Gasteiger partial charge >= 0.3 is 6.09 Å². The molecule has 1 aliphatic rings. The van der Waals surface area contributed by atoms with Crippen molar-refractivity contribution in [2.45, 2.75) is 45.4 Å². The largest absolute Gasteiger partial charge is 0.445 e. The van der Waals surface area contributed by atoms with E-state index in [-0.39, 0.29) is 17.7 Å². The molecule has 1 aromatic carbocycles. The van der Waals surface area contributed by atoms with Crippen LogP contribution < -0.4 is 5.32 Å². The van der Waals surface area contributed by atoms with Gasteiger partial charge in [-0.1, -0.05) is 30.3 Å². The summed E-state index contributed by atoms with van der Waals surface area (Å²) in [7, 11) is 0. The van der Waals surface area contributed by atoms with Gasteiger partial charge in [0.05, 0.1) is 0 Å². The molecule has 1 amide bonds. The van der Waals surface area contributed by atoms with Gasteiger partial charge in [0.1, 0.15) is 6.61 Å². The number of carbonyl (C=O) groups is 1. The quantitative estimate of drug-likeness (QED) is 0.923. The number of benzene rings is 1. The van der Waals surface area contributed by atoms with Gasteiger partial charge in [0, 0.05) is 24.7 Å². The third kappa shape index (κ3) is 4.23. The molecule has 4 heteroatoms. The zero-order valence-electron chi connectivity index (χ0n) is 12.6. The van der Waals surface area contributed by atoms with Crippen LogP contribution in [0.2, 0.25) is 0 Å². The average molecular weight is 276 g/mol. The van der Waals surface area contributed by atoms with E-state index in [1.165, 1.54) is 0 Å². The summed E-state index contributed by atoms with van der Waals surface area (Å²) >= 11 is 0. The Kier molecular flexibility index (Phi) is 4.65. The van der Waals surface area contributed by atoms with Crippen molar-refractivity contribution in [3.05, 3.63) is 35.9 Å². The lowest BCUT2D eigenvalue weighted by Crippen LogP contribution is -2.43. The summed E-state index contributed by atoms with van der Waals surface area (Å²) in [5.74, 6) is 0. The maximum Gasteiger partial charge on any atom is 0.407 e. The van der Waals surface area contributed by atoms with E-state index in [1.54, 1.807) is 0 Å². The summed E-state index contributed by atoms with van der Waals surface area (Å²) in [5.41, 5.74) is 1.16.